The topological polar surface area (TPSA) is 102 Å². The summed E-state index contributed by atoms with van der Waals surface area (Å²) in [5.74, 6) is -1.70. The summed E-state index contributed by atoms with van der Waals surface area (Å²) >= 11 is 5.66. The fourth-order valence-electron chi connectivity index (χ4n) is 3.38. The lowest BCUT2D eigenvalue weighted by atomic mass is 9.98. The van der Waals surface area contributed by atoms with Crippen molar-refractivity contribution in [1.82, 2.24) is 4.31 Å². The minimum Gasteiger partial charge on any atom is -0.494 e. The molecule has 2 aromatic carbocycles. The third-order valence-electron chi connectivity index (χ3n) is 5.11. The van der Waals surface area contributed by atoms with Gasteiger partial charge in [0.2, 0.25) is 10.0 Å². The van der Waals surface area contributed by atoms with Gasteiger partial charge >= 0.3 is 5.97 Å². The van der Waals surface area contributed by atoms with Crippen LogP contribution < -0.4 is 10.1 Å². The molecule has 0 aromatic heterocycles. The quantitative estimate of drug-likeness (QED) is 0.559. The van der Waals surface area contributed by atoms with Crippen LogP contribution in [-0.2, 0) is 24.3 Å². The zero-order chi connectivity index (χ0) is 24.0. The van der Waals surface area contributed by atoms with Crippen LogP contribution in [-0.4, -0.2) is 50.9 Å². The largest absolute Gasteiger partial charge is 0.494 e. The fraction of sp³-hybridized carbons (Fsp3) is 0.364. The molecule has 0 bridgehead atoms. The number of sulfonamides is 1. The molecule has 1 saturated heterocycles. The van der Waals surface area contributed by atoms with Crippen molar-refractivity contribution in [2.45, 2.75) is 24.7 Å². The lowest BCUT2D eigenvalue weighted by Crippen LogP contribution is -2.40. The van der Waals surface area contributed by atoms with Crippen LogP contribution in [0.3, 0.4) is 0 Å². The maximum atomic E-state index is 13.2. The number of halogens is 2. The van der Waals surface area contributed by atoms with Gasteiger partial charge < -0.3 is 14.8 Å². The van der Waals surface area contributed by atoms with Gasteiger partial charge in [-0.1, -0.05) is 11.6 Å². The van der Waals surface area contributed by atoms with Crippen LogP contribution in [0.1, 0.15) is 19.8 Å². The lowest BCUT2D eigenvalue weighted by molar-refractivity contribution is -0.152. The maximum Gasteiger partial charge on any atom is 0.309 e. The number of hydrogen-bond donors (Lipinski definition) is 1. The Balaban J connectivity index is 1.48. The number of piperidine rings is 1. The van der Waals surface area contributed by atoms with E-state index >= 15 is 0 Å². The zero-order valence-corrected chi connectivity index (χ0v) is 19.5. The molecule has 1 amide bonds. The average Bonchev–Trinajstić information content (AvgIpc) is 2.80. The fourth-order valence-corrected chi connectivity index (χ4v) is 5.03. The van der Waals surface area contributed by atoms with E-state index in [0.29, 0.717) is 12.4 Å². The van der Waals surface area contributed by atoms with Crippen molar-refractivity contribution in [3.05, 3.63) is 53.3 Å². The molecule has 0 unspecified atom stereocenters. The Morgan fingerprint density at radius 1 is 1.15 bits per heavy atom. The van der Waals surface area contributed by atoms with E-state index in [9.17, 15) is 22.4 Å². The molecular weight excluding hydrogens is 475 g/mol. The number of nitrogens with zero attached hydrogens (tertiary/aromatic N) is 1. The van der Waals surface area contributed by atoms with Crippen LogP contribution in [0.25, 0.3) is 0 Å². The summed E-state index contributed by atoms with van der Waals surface area (Å²) in [6.07, 6.45) is 0.564. The van der Waals surface area contributed by atoms with E-state index in [1.54, 1.807) is 12.1 Å². The maximum absolute atomic E-state index is 13.2. The minimum absolute atomic E-state index is 0.142. The van der Waals surface area contributed by atoms with Crippen molar-refractivity contribution in [3.63, 3.8) is 0 Å². The molecule has 11 heteroatoms. The van der Waals surface area contributed by atoms with Crippen molar-refractivity contribution in [3.8, 4) is 5.75 Å². The van der Waals surface area contributed by atoms with Crippen LogP contribution in [0.15, 0.2) is 47.4 Å². The summed E-state index contributed by atoms with van der Waals surface area (Å²) < 4.78 is 50.6. The standard InChI is InChI=1S/C22H24ClFN2O6S/c1-2-31-17-4-6-18(7-5-17)33(29,30)26-11-9-15(10-12-26)22(28)32-14-21(27)25-16-3-8-20(24)19(23)13-16/h3-8,13,15H,2,9-12,14H2,1H3,(H,25,27). The number of amides is 1. The molecule has 1 heterocycles. The van der Waals surface area contributed by atoms with Crippen LogP contribution in [0, 0.1) is 11.7 Å². The molecule has 0 radical (unpaired) electrons. The number of esters is 1. The van der Waals surface area contributed by atoms with Crippen molar-refractivity contribution in [1.29, 1.82) is 0 Å². The van der Waals surface area contributed by atoms with Gasteiger partial charge in [-0.3, -0.25) is 9.59 Å². The number of rotatable bonds is 8. The van der Waals surface area contributed by atoms with Crippen molar-refractivity contribution < 1.29 is 31.9 Å². The Labute approximate surface area is 196 Å². The Bertz CT molecular complexity index is 1100. The highest BCUT2D eigenvalue weighted by Crippen LogP contribution is 2.26. The Morgan fingerprint density at radius 3 is 2.42 bits per heavy atom. The van der Waals surface area contributed by atoms with E-state index in [2.05, 4.69) is 5.32 Å². The number of carbonyl (C=O) groups excluding carboxylic acids is 2. The van der Waals surface area contributed by atoms with Gasteiger partial charge in [0.25, 0.3) is 5.91 Å². The van der Waals surface area contributed by atoms with Crippen molar-refractivity contribution >= 4 is 39.2 Å². The molecule has 2 aromatic rings. The van der Waals surface area contributed by atoms with Gasteiger partial charge in [-0.25, -0.2) is 12.8 Å². The van der Waals surface area contributed by atoms with Gasteiger partial charge in [-0.15, -0.1) is 0 Å². The molecule has 0 aliphatic carbocycles. The molecule has 8 nitrogen and oxygen atoms in total. The number of anilines is 1. The molecule has 1 aliphatic rings. The summed E-state index contributed by atoms with van der Waals surface area (Å²) in [5.41, 5.74) is 0.273. The third kappa shape index (κ3) is 6.43. The van der Waals surface area contributed by atoms with Crippen LogP contribution in [0.4, 0.5) is 10.1 Å². The molecule has 0 saturated carbocycles. The van der Waals surface area contributed by atoms with E-state index in [1.807, 2.05) is 6.92 Å². The molecule has 33 heavy (non-hydrogen) atoms. The molecule has 1 N–H and O–H groups in total. The lowest BCUT2D eigenvalue weighted by Gasteiger charge is -2.30. The molecule has 178 valence electrons. The van der Waals surface area contributed by atoms with Crippen molar-refractivity contribution in [2.24, 2.45) is 5.92 Å². The first-order valence-electron chi connectivity index (χ1n) is 10.3. The predicted octanol–water partition coefficient (Wildman–Crippen LogP) is 3.46. The molecular formula is C22H24ClFN2O6S. The monoisotopic (exact) mass is 498 g/mol. The SMILES string of the molecule is CCOc1ccc(S(=O)(=O)N2CCC(C(=O)OCC(=O)Nc3ccc(F)c(Cl)c3)CC2)cc1. The highest BCUT2D eigenvalue weighted by Gasteiger charge is 2.33. The van der Waals surface area contributed by atoms with E-state index in [4.69, 9.17) is 21.1 Å². The summed E-state index contributed by atoms with van der Waals surface area (Å²) in [6, 6.07) is 9.88. The van der Waals surface area contributed by atoms with Gasteiger partial charge in [-0.05, 0) is 62.2 Å². The zero-order valence-electron chi connectivity index (χ0n) is 17.9. The summed E-state index contributed by atoms with van der Waals surface area (Å²) in [7, 11) is -3.69. The van der Waals surface area contributed by atoms with Gasteiger partial charge in [-0.2, -0.15) is 4.31 Å². The minimum atomic E-state index is -3.69. The third-order valence-corrected chi connectivity index (χ3v) is 7.31. The van der Waals surface area contributed by atoms with E-state index < -0.39 is 40.2 Å². The second-order valence-electron chi connectivity index (χ2n) is 7.37. The van der Waals surface area contributed by atoms with Crippen LogP contribution in [0.2, 0.25) is 5.02 Å². The first-order valence-corrected chi connectivity index (χ1v) is 12.2. The number of carbonyl (C=O) groups is 2. The molecule has 0 atom stereocenters. The van der Waals surface area contributed by atoms with E-state index in [-0.39, 0.29) is 41.5 Å². The van der Waals surface area contributed by atoms with Gasteiger partial charge in [0, 0.05) is 18.8 Å². The van der Waals surface area contributed by atoms with E-state index in [1.165, 1.54) is 28.6 Å². The number of nitrogens with one attached hydrogen (secondary N) is 1. The smallest absolute Gasteiger partial charge is 0.309 e. The highest BCUT2D eigenvalue weighted by molar-refractivity contribution is 7.89. The summed E-state index contributed by atoms with van der Waals surface area (Å²) in [5, 5.41) is 2.32. The van der Waals surface area contributed by atoms with Crippen molar-refractivity contribution in [2.75, 3.05) is 31.6 Å². The molecule has 1 aliphatic heterocycles. The van der Waals surface area contributed by atoms with Gasteiger partial charge in [0.15, 0.2) is 6.61 Å². The first kappa shape index (κ1) is 24.9. The first-order chi connectivity index (χ1) is 15.7. The summed E-state index contributed by atoms with van der Waals surface area (Å²) in [4.78, 5) is 24.5. The Hall–Kier alpha value is -2.69. The Kier molecular flexibility index (Phi) is 8.28. The molecule has 3 rings (SSSR count). The number of benzene rings is 2. The second kappa shape index (κ2) is 11.0. The predicted molar refractivity (Wildman–Crippen MR) is 120 cm³/mol. The highest BCUT2D eigenvalue weighted by atomic mass is 35.5. The average molecular weight is 499 g/mol. The number of hydrogen-bond acceptors (Lipinski definition) is 6. The second-order valence-corrected chi connectivity index (χ2v) is 9.71. The molecule has 0 spiro atoms. The van der Waals surface area contributed by atoms with Gasteiger partial charge in [0.1, 0.15) is 11.6 Å². The summed E-state index contributed by atoms with van der Waals surface area (Å²) in [6.45, 7) is 2.13. The van der Waals surface area contributed by atoms with Crippen LogP contribution >= 0.6 is 11.6 Å². The van der Waals surface area contributed by atoms with Crippen LogP contribution in [0.5, 0.6) is 5.75 Å². The normalized spacial score (nSPS) is 15.1. The Morgan fingerprint density at radius 2 is 1.82 bits per heavy atom. The molecule has 1 fully saturated rings. The van der Waals surface area contributed by atoms with E-state index in [0.717, 1.165) is 6.07 Å². The van der Waals surface area contributed by atoms with Gasteiger partial charge in [0.05, 0.1) is 22.4 Å². The number of ether oxygens (including phenoxy) is 2.